The lowest BCUT2D eigenvalue weighted by Gasteiger charge is -2.34. The molecule has 104 valence electrons. The third-order valence-electron chi connectivity index (χ3n) is 3.28. The van der Waals surface area contributed by atoms with Crippen LogP contribution in [-0.4, -0.2) is 37.7 Å². The molecule has 18 heavy (non-hydrogen) atoms. The molecule has 2 N–H and O–H groups in total. The number of rotatable bonds is 7. The minimum Gasteiger partial charge on any atom is -0.383 e. The van der Waals surface area contributed by atoms with E-state index in [-0.39, 0.29) is 0 Å². The number of nitrogens with zero attached hydrogens (tertiary/aromatic N) is 1. The van der Waals surface area contributed by atoms with E-state index >= 15 is 0 Å². The molecule has 0 aliphatic carbocycles. The van der Waals surface area contributed by atoms with E-state index < -0.39 is 0 Å². The fourth-order valence-corrected chi connectivity index (χ4v) is 3.37. The Hall–Kier alpha value is -0.420. The zero-order chi connectivity index (χ0) is 13.7. The molecule has 0 fully saturated rings. The normalized spacial score (nSPS) is 13.6. The van der Waals surface area contributed by atoms with Crippen LogP contribution in [0.4, 0.5) is 0 Å². The van der Waals surface area contributed by atoms with E-state index in [1.54, 1.807) is 7.11 Å². The Labute approximate surface area is 115 Å². The predicted octanol–water partition coefficient (Wildman–Crippen LogP) is 2.72. The first-order valence-corrected chi connectivity index (χ1v) is 7.34. The van der Waals surface area contributed by atoms with Crippen molar-refractivity contribution in [3.8, 4) is 0 Å². The standard InChI is InChI=1S/C14H26N2OS/c1-10(2)16(6-7-17-5)14(9-15)13-8-11(3)18-12(13)4/h8,10,14H,6-7,9,15H2,1-5H3. The number of aryl methyl sites for hydroxylation is 2. The first-order valence-electron chi connectivity index (χ1n) is 6.53. The summed E-state index contributed by atoms with van der Waals surface area (Å²) in [6.07, 6.45) is 0. The lowest BCUT2D eigenvalue weighted by molar-refractivity contribution is 0.0979. The highest BCUT2D eigenvalue weighted by atomic mass is 32.1. The van der Waals surface area contributed by atoms with Gasteiger partial charge in [0.05, 0.1) is 6.61 Å². The topological polar surface area (TPSA) is 38.5 Å². The Balaban J connectivity index is 2.94. The molecule has 0 aromatic carbocycles. The van der Waals surface area contributed by atoms with E-state index in [9.17, 15) is 0 Å². The fourth-order valence-electron chi connectivity index (χ4n) is 2.39. The molecule has 0 saturated heterocycles. The molecular weight excluding hydrogens is 244 g/mol. The summed E-state index contributed by atoms with van der Waals surface area (Å²) in [5, 5.41) is 0. The lowest BCUT2D eigenvalue weighted by Crippen LogP contribution is -2.40. The highest BCUT2D eigenvalue weighted by Gasteiger charge is 2.23. The summed E-state index contributed by atoms with van der Waals surface area (Å²) in [4.78, 5) is 5.17. The first kappa shape index (κ1) is 15.6. The van der Waals surface area contributed by atoms with Gasteiger partial charge in [0.15, 0.2) is 0 Å². The summed E-state index contributed by atoms with van der Waals surface area (Å²) < 4.78 is 5.21. The Morgan fingerprint density at radius 2 is 2.06 bits per heavy atom. The molecule has 0 amide bonds. The van der Waals surface area contributed by atoms with Gasteiger partial charge in [-0.25, -0.2) is 0 Å². The van der Waals surface area contributed by atoms with Gasteiger partial charge in [-0.05, 0) is 39.3 Å². The Morgan fingerprint density at radius 3 is 2.44 bits per heavy atom. The minimum atomic E-state index is 0.296. The number of ether oxygens (including phenoxy) is 1. The summed E-state index contributed by atoms with van der Waals surface area (Å²) >= 11 is 1.85. The van der Waals surface area contributed by atoms with Gasteiger partial charge in [-0.2, -0.15) is 0 Å². The van der Waals surface area contributed by atoms with Crippen LogP contribution in [0.1, 0.15) is 35.2 Å². The Bertz CT molecular complexity index is 363. The molecule has 0 bridgehead atoms. The van der Waals surface area contributed by atoms with Gasteiger partial charge < -0.3 is 10.5 Å². The third kappa shape index (κ3) is 3.79. The average molecular weight is 270 g/mol. The van der Waals surface area contributed by atoms with Crippen molar-refractivity contribution in [1.82, 2.24) is 4.90 Å². The predicted molar refractivity (Wildman–Crippen MR) is 79.3 cm³/mol. The van der Waals surface area contributed by atoms with Crippen LogP contribution in [0.5, 0.6) is 0 Å². The zero-order valence-electron chi connectivity index (χ0n) is 12.2. The van der Waals surface area contributed by atoms with Crippen LogP contribution in [0.15, 0.2) is 6.07 Å². The Kier molecular flexibility index (Phi) is 6.29. The van der Waals surface area contributed by atoms with Gasteiger partial charge in [0, 0.05) is 42.0 Å². The molecule has 0 radical (unpaired) electrons. The van der Waals surface area contributed by atoms with E-state index in [2.05, 4.69) is 38.7 Å². The van der Waals surface area contributed by atoms with Crippen molar-refractivity contribution in [3.05, 3.63) is 21.4 Å². The summed E-state index contributed by atoms with van der Waals surface area (Å²) in [5.41, 5.74) is 7.39. The molecule has 1 atom stereocenters. The van der Waals surface area contributed by atoms with Crippen LogP contribution >= 0.6 is 11.3 Å². The third-order valence-corrected chi connectivity index (χ3v) is 4.26. The maximum absolute atomic E-state index is 6.02. The first-order chi connectivity index (χ1) is 8.51. The second-order valence-electron chi connectivity index (χ2n) is 4.94. The van der Waals surface area contributed by atoms with Crippen molar-refractivity contribution in [3.63, 3.8) is 0 Å². The van der Waals surface area contributed by atoms with Gasteiger partial charge in [-0.1, -0.05) is 0 Å². The molecule has 0 saturated carbocycles. The number of nitrogens with two attached hydrogens (primary N) is 1. The molecule has 3 nitrogen and oxygen atoms in total. The van der Waals surface area contributed by atoms with Gasteiger partial charge in [-0.15, -0.1) is 11.3 Å². The second-order valence-corrected chi connectivity index (χ2v) is 6.40. The molecule has 0 aliphatic rings. The minimum absolute atomic E-state index is 0.296. The molecular formula is C14H26N2OS. The highest BCUT2D eigenvalue weighted by Crippen LogP contribution is 2.30. The molecule has 1 aromatic heterocycles. The number of thiophene rings is 1. The quantitative estimate of drug-likeness (QED) is 0.828. The van der Waals surface area contributed by atoms with Crippen molar-refractivity contribution in [2.75, 3.05) is 26.8 Å². The smallest absolute Gasteiger partial charge is 0.0590 e. The van der Waals surface area contributed by atoms with Crippen molar-refractivity contribution < 1.29 is 4.74 Å². The molecule has 4 heteroatoms. The molecule has 1 aromatic rings. The monoisotopic (exact) mass is 270 g/mol. The van der Waals surface area contributed by atoms with E-state index in [0.29, 0.717) is 18.6 Å². The van der Waals surface area contributed by atoms with Crippen molar-refractivity contribution in [1.29, 1.82) is 0 Å². The van der Waals surface area contributed by atoms with Crippen LogP contribution in [0.2, 0.25) is 0 Å². The van der Waals surface area contributed by atoms with Crippen LogP contribution in [0.3, 0.4) is 0 Å². The lowest BCUT2D eigenvalue weighted by atomic mass is 10.0. The summed E-state index contributed by atoms with van der Waals surface area (Å²) in [5.74, 6) is 0. The number of hydrogen-bond donors (Lipinski definition) is 1. The van der Waals surface area contributed by atoms with Crippen molar-refractivity contribution in [2.24, 2.45) is 5.73 Å². The molecule has 0 aliphatic heterocycles. The van der Waals surface area contributed by atoms with E-state index in [4.69, 9.17) is 10.5 Å². The van der Waals surface area contributed by atoms with Crippen LogP contribution in [0, 0.1) is 13.8 Å². The molecule has 1 unspecified atom stereocenters. The maximum atomic E-state index is 6.02. The zero-order valence-corrected chi connectivity index (χ0v) is 13.0. The van der Waals surface area contributed by atoms with Gasteiger partial charge in [-0.3, -0.25) is 4.90 Å². The van der Waals surface area contributed by atoms with Crippen molar-refractivity contribution >= 4 is 11.3 Å². The molecule has 0 spiro atoms. The largest absolute Gasteiger partial charge is 0.383 e. The SMILES string of the molecule is COCCN(C(C)C)C(CN)c1cc(C)sc1C. The fraction of sp³-hybridized carbons (Fsp3) is 0.714. The second kappa shape index (κ2) is 7.24. The number of methoxy groups -OCH3 is 1. The summed E-state index contributed by atoms with van der Waals surface area (Å²) in [6, 6.07) is 3.04. The van der Waals surface area contributed by atoms with Gasteiger partial charge in [0.1, 0.15) is 0 Å². The van der Waals surface area contributed by atoms with Gasteiger partial charge in [0.25, 0.3) is 0 Å². The summed E-state index contributed by atoms with van der Waals surface area (Å²) in [7, 11) is 1.75. The van der Waals surface area contributed by atoms with Gasteiger partial charge >= 0.3 is 0 Å². The highest BCUT2D eigenvalue weighted by molar-refractivity contribution is 7.12. The van der Waals surface area contributed by atoms with Crippen LogP contribution in [0.25, 0.3) is 0 Å². The van der Waals surface area contributed by atoms with E-state index in [1.165, 1.54) is 15.3 Å². The average Bonchev–Trinajstić information content (AvgIpc) is 2.63. The van der Waals surface area contributed by atoms with Gasteiger partial charge in [0.2, 0.25) is 0 Å². The maximum Gasteiger partial charge on any atom is 0.0590 e. The van der Waals surface area contributed by atoms with E-state index in [1.807, 2.05) is 11.3 Å². The number of hydrogen-bond acceptors (Lipinski definition) is 4. The Morgan fingerprint density at radius 1 is 1.39 bits per heavy atom. The van der Waals surface area contributed by atoms with E-state index in [0.717, 1.165) is 13.2 Å². The molecule has 1 heterocycles. The van der Waals surface area contributed by atoms with Crippen molar-refractivity contribution in [2.45, 2.75) is 39.8 Å². The molecule has 1 rings (SSSR count). The van der Waals surface area contributed by atoms with Crippen LogP contribution < -0.4 is 5.73 Å². The van der Waals surface area contributed by atoms with Crippen LogP contribution in [-0.2, 0) is 4.74 Å². The summed E-state index contributed by atoms with van der Waals surface area (Å²) in [6.45, 7) is 11.1.